The van der Waals surface area contributed by atoms with Crippen molar-refractivity contribution < 1.29 is 23.7 Å². The lowest BCUT2D eigenvalue weighted by Crippen LogP contribution is -2.05. The van der Waals surface area contributed by atoms with Crippen molar-refractivity contribution in [3.8, 4) is 0 Å². The van der Waals surface area contributed by atoms with Crippen LogP contribution in [-0.4, -0.2) is 15.7 Å². The standard InChI is InChI=1S/C3H6NO5P/c4-3(5)1-2-9-10(6,7)8/h1-2H,(H2,4,5)(H2,6,7,8). The Hall–Kier alpha value is -0.840. The van der Waals surface area contributed by atoms with E-state index in [2.05, 4.69) is 10.3 Å². The molecule has 4 N–H and O–H groups in total. The number of amides is 1. The number of carbonyl (C=O) groups is 1. The molecule has 0 unspecified atom stereocenters. The molecule has 0 aromatic carbocycles. The zero-order valence-corrected chi connectivity index (χ0v) is 5.69. The molecule has 0 bridgehead atoms. The van der Waals surface area contributed by atoms with E-state index in [-0.39, 0.29) is 0 Å². The maximum Gasteiger partial charge on any atom is 0.524 e. The molecule has 58 valence electrons. The number of phosphoric acid groups is 1. The van der Waals surface area contributed by atoms with Gasteiger partial charge in [0.25, 0.3) is 0 Å². The lowest BCUT2D eigenvalue weighted by molar-refractivity contribution is -0.113. The van der Waals surface area contributed by atoms with Crippen molar-refractivity contribution in [3.05, 3.63) is 12.3 Å². The minimum Gasteiger partial charge on any atom is -0.412 e. The van der Waals surface area contributed by atoms with Crippen molar-refractivity contribution in [2.75, 3.05) is 0 Å². The van der Waals surface area contributed by atoms with Crippen LogP contribution in [-0.2, 0) is 13.9 Å². The molecule has 0 fully saturated rings. The number of hydrogen-bond acceptors (Lipinski definition) is 3. The summed E-state index contributed by atoms with van der Waals surface area (Å²) in [5, 5.41) is 0. The third-order valence-corrected chi connectivity index (χ3v) is 0.827. The number of nitrogens with two attached hydrogens (primary N) is 1. The van der Waals surface area contributed by atoms with E-state index >= 15 is 0 Å². The highest BCUT2D eigenvalue weighted by Crippen LogP contribution is 2.35. The molecule has 6 nitrogen and oxygen atoms in total. The van der Waals surface area contributed by atoms with Gasteiger partial charge in [-0.2, -0.15) is 0 Å². The van der Waals surface area contributed by atoms with Crippen LogP contribution in [0.3, 0.4) is 0 Å². The fraction of sp³-hybridized carbons (Fsp3) is 0. The molecule has 0 rings (SSSR count). The lowest BCUT2D eigenvalue weighted by atomic mass is 10.6. The van der Waals surface area contributed by atoms with E-state index in [1.165, 1.54) is 0 Å². The molecule has 0 atom stereocenters. The molecule has 0 aromatic rings. The summed E-state index contributed by atoms with van der Waals surface area (Å²) in [7, 11) is -4.52. The van der Waals surface area contributed by atoms with E-state index in [4.69, 9.17) is 9.79 Å². The molecule has 0 aromatic heterocycles. The first-order valence-electron chi connectivity index (χ1n) is 2.12. The van der Waals surface area contributed by atoms with Gasteiger partial charge >= 0.3 is 7.82 Å². The summed E-state index contributed by atoms with van der Waals surface area (Å²) in [6.45, 7) is 0. The molecular weight excluding hydrogens is 161 g/mol. The van der Waals surface area contributed by atoms with Gasteiger partial charge < -0.3 is 10.3 Å². The molecule has 0 radical (unpaired) electrons. The van der Waals surface area contributed by atoms with E-state index in [1.807, 2.05) is 0 Å². The van der Waals surface area contributed by atoms with Crippen molar-refractivity contribution >= 4 is 13.7 Å². The maximum absolute atomic E-state index is 9.89. The van der Waals surface area contributed by atoms with Gasteiger partial charge in [0.15, 0.2) is 0 Å². The SMILES string of the molecule is NC(=O)C=COP(=O)(O)O. The van der Waals surface area contributed by atoms with Gasteiger partial charge in [-0.3, -0.25) is 14.6 Å². The third-order valence-electron chi connectivity index (χ3n) is 0.430. The number of primary amides is 1. The third kappa shape index (κ3) is 7.16. The summed E-state index contributed by atoms with van der Waals surface area (Å²) in [5.41, 5.74) is 4.56. The normalized spacial score (nSPS) is 11.8. The van der Waals surface area contributed by atoms with Crippen molar-refractivity contribution in [2.24, 2.45) is 5.73 Å². The summed E-state index contributed by atoms with van der Waals surface area (Å²) in [6.07, 6.45) is 1.24. The van der Waals surface area contributed by atoms with Gasteiger partial charge in [-0.05, 0) is 0 Å². The van der Waals surface area contributed by atoms with Crippen LogP contribution in [0.15, 0.2) is 12.3 Å². The van der Waals surface area contributed by atoms with E-state index in [0.29, 0.717) is 12.3 Å². The quantitative estimate of drug-likeness (QED) is 0.286. The predicted molar refractivity (Wildman–Crippen MR) is 31.5 cm³/mol. The van der Waals surface area contributed by atoms with Gasteiger partial charge in [0.1, 0.15) is 6.26 Å². The zero-order valence-electron chi connectivity index (χ0n) is 4.80. The fourth-order valence-corrected chi connectivity index (χ4v) is 0.396. The first kappa shape index (κ1) is 9.16. The maximum atomic E-state index is 9.89. The highest BCUT2D eigenvalue weighted by molar-refractivity contribution is 7.46. The van der Waals surface area contributed by atoms with E-state index in [0.717, 1.165) is 0 Å². The lowest BCUT2D eigenvalue weighted by Gasteiger charge is -1.98. The van der Waals surface area contributed by atoms with Crippen LogP contribution in [0.4, 0.5) is 0 Å². The number of phosphoric ester groups is 1. The van der Waals surface area contributed by atoms with Crippen molar-refractivity contribution in [1.82, 2.24) is 0 Å². The second kappa shape index (κ2) is 3.36. The van der Waals surface area contributed by atoms with Crippen molar-refractivity contribution in [3.63, 3.8) is 0 Å². The van der Waals surface area contributed by atoms with Crippen molar-refractivity contribution in [1.29, 1.82) is 0 Å². The van der Waals surface area contributed by atoms with Gasteiger partial charge in [-0.15, -0.1) is 0 Å². The van der Waals surface area contributed by atoms with Gasteiger partial charge in [-0.25, -0.2) is 4.57 Å². The highest BCUT2D eigenvalue weighted by Gasteiger charge is 2.11. The molecular formula is C3H6NO5P. The molecule has 10 heavy (non-hydrogen) atoms. The topological polar surface area (TPSA) is 110 Å². The van der Waals surface area contributed by atoms with E-state index in [9.17, 15) is 9.36 Å². The molecule has 7 heteroatoms. The van der Waals surface area contributed by atoms with Crippen LogP contribution in [0, 0.1) is 0 Å². The van der Waals surface area contributed by atoms with E-state index < -0.39 is 13.7 Å². The van der Waals surface area contributed by atoms with Gasteiger partial charge in [0.05, 0.1) is 0 Å². The Balaban J connectivity index is 3.76. The summed E-state index contributed by atoms with van der Waals surface area (Å²) in [5.74, 6) is -0.839. The van der Waals surface area contributed by atoms with Crippen molar-refractivity contribution in [2.45, 2.75) is 0 Å². The summed E-state index contributed by atoms with van der Waals surface area (Å²) in [4.78, 5) is 25.9. The average Bonchev–Trinajstić information content (AvgIpc) is 1.59. The van der Waals surface area contributed by atoms with Crippen LogP contribution >= 0.6 is 7.82 Å². The van der Waals surface area contributed by atoms with Gasteiger partial charge in [0, 0.05) is 6.08 Å². The van der Waals surface area contributed by atoms with E-state index in [1.54, 1.807) is 0 Å². The van der Waals surface area contributed by atoms with Crippen LogP contribution in [0.5, 0.6) is 0 Å². The molecule has 1 amide bonds. The fourth-order valence-electron chi connectivity index (χ4n) is 0.177. The Morgan fingerprint density at radius 3 is 2.40 bits per heavy atom. The molecule has 0 saturated carbocycles. The zero-order chi connectivity index (χ0) is 8.20. The Kier molecular flexibility index (Phi) is 3.08. The van der Waals surface area contributed by atoms with Crippen LogP contribution in [0.25, 0.3) is 0 Å². The summed E-state index contributed by atoms with van der Waals surface area (Å²) >= 11 is 0. The number of hydrogen-bond donors (Lipinski definition) is 3. The Morgan fingerprint density at radius 2 is 2.10 bits per heavy atom. The Bertz CT molecular complexity index is 193. The molecule has 0 heterocycles. The molecule has 0 aliphatic rings. The first-order valence-corrected chi connectivity index (χ1v) is 3.65. The van der Waals surface area contributed by atoms with Gasteiger partial charge in [0.2, 0.25) is 5.91 Å². The molecule has 0 aliphatic heterocycles. The minimum absolute atomic E-state index is 0.545. The summed E-state index contributed by atoms with van der Waals surface area (Å²) in [6, 6.07) is 0. The van der Waals surface area contributed by atoms with Crippen LogP contribution in [0.1, 0.15) is 0 Å². The summed E-state index contributed by atoms with van der Waals surface area (Å²) < 4.78 is 13.6. The van der Waals surface area contributed by atoms with Gasteiger partial charge in [-0.1, -0.05) is 0 Å². The smallest absolute Gasteiger partial charge is 0.412 e. The predicted octanol–water partition coefficient (Wildman–Crippen LogP) is -0.905. The largest absolute Gasteiger partial charge is 0.524 e. The number of carbonyl (C=O) groups excluding carboxylic acids is 1. The Morgan fingerprint density at radius 1 is 1.60 bits per heavy atom. The molecule has 0 spiro atoms. The second-order valence-electron chi connectivity index (χ2n) is 1.30. The molecule has 0 aliphatic carbocycles. The monoisotopic (exact) mass is 167 g/mol. The van der Waals surface area contributed by atoms with Crippen LogP contribution in [0.2, 0.25) is 0 Å². The Labute approximate surface area is 56.5 Å². The average molecular weight is 167 g/mol. The first-order chi connectivity index (χ1) is 4.42. The van der Waals surface area contributed by atoms with Crippen LogP contribution < -0.4 is 5.73 Å². The number of rotatable bonds is 3. The minimum atomic E-state index is -4.52. The molecule has 0 saturated heterocycles. The second-order valence-corrected chi connectivity index (χ2v) is 2.49. The highest BCUT2D eigenvalue weighted by atomic mass is 31.2.